The maximum Gasteiger partial charge on any atom is 0.159 e. The van der Waals surface area contributed by atoms with Crippen LogP contribution in [0.1, 0.15) is 34.1 Å². The van der Waals surface area contributed by atoms with Gasteiger partial charge in [0.1, 0.15) is 5.58 Å². The fourth-order valence-corrected chi connectivity index (χ4v) is 10.0. The Morgan fingerprint density at radius 3 is 1.92 bits per heavy atom. The summed E-state index contributed by atoms with van der Waals surface area (Å²) < 4.78 is 6.68. The second kappa shape index (κ2) is 10.9. The van der Waals surface area contributed by atoms with Crippen LogP contribution in [0.5, 0.6) is 0 Å². The number of hydrogen-bond acceptors (Lipinski definition) is 2. The average molecular weight is 654 g/mol. The Kier molecular flexibility index (Phi) is 6.15. The van der Waals surface area contributed by atoms with E-state index in [1.54, 1.807) is 0 Å². The molecule has 0 fully saturated rings. The lowest BCUT2D eigenvalue weighted by Crippen LogP contribution is -2.38. The zero-order valence-electron chi connectivity index (χ0n) is 28.1. The molecule has 0 aliphatic heterocycles. The summed E-state index contributed by atoms with van der Waals surface area (Å²) >= 11 is 0. The van der Waals surface area contributed by atoms with Crippen molar-refractivity contribution in [1.82, 2.24) is 0 Å². The third-order valence-corrected chi connectivity index (χ3v) is 12.0. The van der Waals surface area contributed by atoms with E-state index in [9.17, 15) is 0 Å². The minimum absolute atomic E-state index is 0.136. The van der Waals surface area contributed by atoms with E-state index >= 15 is 0 Å². The summed E-state index contributed by atoms with van der Waals surface area (Å²) in [5.41, 5.74) is 13.2. The Morgan fingerprint density at radius 2 is 1.10 bits per heavy atom. The average Bonchev–Trinajstić information content (AvgIpc) is 3.83. The molecular weight excluding hydrogens is 619 g/mol. The van der Waals surface area contributed by atoms with E-state index in [-0.39, 0.29) is 11.3 Å². The van der Waals surface area contributed by atoms with Gasteiger partial charge in [0.2, 0.25) is 0 Å². The molecule has 1 aromatic heterocycles. The van der Waals surface area contributed by atoms with E-state index < -0.39 is 0 Å². The predicted octanol–water partition coefficient (Wildman–Crippen LogP) is 12.7. The third-order valence-electron chi connectivity index (χ3n) is 12.0. The first-order valence-electron chi connectivity index (χ1n) is 18.1. The summed E-state index contributed by atoms with van der Waals surface area (Å²) in [4.78, 5) is 2.40. The molecule has 0 radical (unpaired) electrons. The van der Waals surface area contributed by atoms with Gasteiger partial charge >= 0.3 is 0 Å². The van der Waals surface area contributed by atoms with Crippen LogP contribution in [0, 0.1) is 11.8 Å². The molecule has 0 bridgehead atoms. The van der Waals surface area contributed by atoms with Crippen LogP contribution in [0.15, 0.2) is 193 Å². The number of benzene rings is 6. The number of fused-ring (bicyclic) bond motifs is 13. The topological polar surface area (TPSA) is 16.4 Å². The van der Waals surface area contributed by atoms with Crippen LogP contribution in [0.4, 0.5) is 17.1 Å². The molecular formula is C49H35NO. The fraction of sp³-hybridized carbons (Fsp3) is 0.102. The van der Waals surface area contributed by atoms with Gasteiger partial charge < -0.3 is 9.32 Å². The summed E-state index contributed by atoms with van der Waals surface area (Å²) in [6.45, 7) is 0. The highest BCUT2D eigenvalue weighted by Crippen LogP contribution is 2.67. The van der Waals surface area contributed by atoms with Crippen LogP contribution in [0.2, 0.25) is 0 Å². The largest absolute Gasteiger partial charge is 0.454 e. The van der Waals surface area contributed by atoms with E-state index in [2.05, 4.69) is 187 Å². The molecule has 2 nitrogen and oxygen atoms in total. The highest BCUT2D eigenvalue weighted by Gasteiger charge is 2.61. The number of anilines is 3. The van der Waals surface area contributed by atoms with Gasteiger partial charge in [-0.2, -0.15) is 0 Å². The Bertz CT molecular complexity index is 2620. The van der Waals surface area contributed by atoms with Crippen molar-refractivity contribution in [1.29, 1.82) is 0 Å². The van der Waals surface area contributed by atoms with Gasteiger partial charge in [-0.25, -0.2) is 0 Å². The molecule has 0 amide bonds. The molecule has 5 unspecified atom stereocenters. The van der Waals surface area contributed by atoms with E-state index in [4.69, 9.17) is 4.42 Å². The maximum atomic E-state index is 6.68. The summed E-state index contributed by atoms with van der Waals surface area (Å²) in [7, 11) is 0. The van der Waals surface area contributed by atoms with Gasteiger partial charge in [-0.3, -0.25) is 0 Å². The highest BCUT2D eigenvalue weighted by atomic mass is 16.3. The summed E-state index contributed by atoms with van der Waals surface area (Å²) in [5.74, 6) is 1.35. The molecule has 2 heteroatoms. The van der Waals surface area contributed by atoms with Gasteiger partial charge in [-0.1, -0.05) is 152 Å². The van der Waals surface area contributed by atoms with E-state index in [1.807, 2.05) is 6.07 Å². The standard InChI is InChI=1S/C49H35NO/c1-2-13-32(14-3-1)33-25-27-34(28-26-33)50(46-23-12-19-40-39-18-7-11-24-47(39)51-48(40)46)35-29-30-45-41(31-35)38-17-6-10-22-44(38)49(45)42-20-8-4-15-36(42)37-16-5-9-21-43(37)49/h1-31,36,38,42,44H. The van der Waals surface area contributed by atoms with Crippen LogP contribution in [-0.4, -0.2) is 0 Å². The minimum atomic E-state index is -0.136. The SMILES string of the molecule is C1=CC2c3ccccc3C3(c4ccc(N(c5ccc(-c6ccccc6)cc5)c5cccc6c5oc5ccccc56)cc4C4C=CC=CC43)C2C=C1. The molecule has 7 aromatic rings. The normalized spacial score (nSPS) is 23.5. The number of nitrogens with zero attached hydrogens (tertiary/aromatic N) is 1. The summed E-state index contributed by atoms with van der Waals surface area (Å²) in [5, 5.41) is 2.26. The zero-order chi connectivity index (χ0) is 33.5. The van der Waals surface area contributed by atoms with Crippen molar-refractivity contribution in [3.8, 4) is 11.1 Å². The van der Waals surface area contributed by atoms with Crippen molar-refractivity contribution in [3.63, 3.8) is 0 Å². The Morgan fingerprint density at radius 1 is 0.471 bits per heavy atom. The number of furan rings is 1. The molecule has 0 saturated carbocycles. The number of allylic oxidation sites excluding steroid dienone is 8. The summed E-state index contributed by atoms with van der Waals surface area (Å²) in [6, 6.07) is 51.0. The Hall–Kier alpha value is -6.12. The first kappa shape index (κ1) is 28.7. The van der Waals surface area contributed by atoms with Crippen LogP contribution in [-0.2, 0) is 5.41 Å². The first-order valence-corrected chi connectivity index (χ1v) is 18.1. The molecule has 1 spiro atoms. The van der Waals surface area contributed by atoms with E-state index in [0.29, 0.717) is 17.8 Å². The molecule has 6 aromatic carbocycles. The van der Waals surface area contributed by atoms with Crippen molar-refractivity contribution < 1.29 is 4.42 Å². The number of rotatable bonds is 4. The third kappa shape index (κ3) is 3.99. The highest BCUT2D eigenvalue weighted by molar-refractivity contribution is 6.10. The smallest absolute Gasteiger partial charge is 0.159 e. The zero-order valence-corrected chi connectivity index (χ0v) is 28.1. The second-order valence-corrected chi connectivity index (χ2v) is 14.4. The van der Waals surface area contributed by atoms with Crippen LogP contribution in [0.3, 0.4) is 0 Å². The molecule has 242 valence electrons. The molecule has 0 N–H and O–H groups in total. The molecule has 4 aliphatic rings. The summed E-state index contributed by atoms with van der Waals surface area (Å²) in [6.07, 6.45) is 18.9. The van der Waals surface area contributed by atoms with Crippen LogP contribution >= 0.6 is 0 Å². The molecule has 51 heavy (non-hydrogen) atoms. The van der Waals surface area contributed by atoms with Crippen molar-refractivity contribution in [2.45, 2.75) is 17.3 Å². The lowest BCUT2D eigenvalue weighted by atomic mass is 9.61. The van der Waals surface area contributed by atoms with Crippen LogP contribution < -0.4 is 4.90 Å². The molecule has 0 saturated heterocycles. The van der Waals surface area contributed by atoms with Crippen molar-refractivity contribution in [2.24, 2.45) is 11.8 Å². The molecule has 5 atom stereocenters. The molecule has 11 rings (SSSR count). The van der Waals surface area contributed by atoms with Crippen molar-refractivity contribution >= 4 is 39.0 Å². The number of hydrogen-bond donors (Lipinski definition) is 0. The van der Waals surface area contributed by atoms with E-state index in [0.717, 1.165) is 39.0 Å². The lowest BCUT2D eigenvalue weighted by Gasteiger charge is -2.40. The van der Waals surface area contributed by atoms with Gasteiger partial charge in [0.15, 0.2) is 5.58 Å². The van der Waals surface area contributed by atoms with Gasteiger partial charge in [0.25, 0.3) is 0 Å². The van der Waals surface area contributed by atoms with Gasteiger partial charge in [0.05, 0.1) is 5.69 Å². The Labute approximate surface area is 298 Å². The monoisotopic (exact) mass is 653 g/mol. The van der Waals surface area contributed by atoms with Crippen molar-refractivity contribution in [3.05, 3.63) is 210 Å². The number of para-hydroxylation sites is 2. The predicted molar refractivity (Wildman–Crippen MR) is 210 cm³/mol. The van der Waals surface area contributed by atoms with Crippen LogP contribution in [0.25, 0.3) is 33.1 Å². The minimum Gasteiger partial charge on any atom is -0.454 e. The van der Waals surface area contributed by atoms with Gasteiger partial charge in [0, 0.05) is 51.2 Å². The quantitative estimate of drug-likeness (QED) is 0.188. The fourth-order valence-electron chi connectivity index (χ4n) is 10.0. The maximum absolute atomic E-state index is 6.68. The lowest BCUT2D eigenvalue weighted by molar-refractivity contribution is 0.312. The van der Waals surface area contributed by atoms with E-state index in [1.165, 1.54) is 33.4 Å². The second-order valence-electron chi connectivity index (χ2n) is 14.4. The Balaban J connectivity index is 1.14. The molecule has 1 heterocycles. The van der Waals surface area contributed by atoms with Gasteiger partial charge in [-0.15, -0.1) is 0 Å². The van der Waals surface area contributed by atoms with Gasteiger partial charge in [-0.05, 0) is 69.8 Å². The van der Waals surface area contributed by atoms with Crippen molar-refractivity contribution in [2.75, 3.05) is 4.90 Å². The molecule has 4 aliphatic carbocycles. The first-order chi connectivity index (χ1) is 25.3.